The highest BCUT2D eigenvalue weighted by atomic mass is 16.1. The molecule has 1 amide bonds. The van der Waals surface area contributed by atoms with Crippen LogP contribution in [-0.4, -0.2) is 17.4 Å². The molecule has 0 saturated heterocycles. The number of para-hydroxylation sites is 1. The summed E-state index contributed by atoms with van der Waals surface area (Å²) in [5.41, 5.74) is 2.30. The molecule has 17 heavy (non-hydrogen) atoms. The van der Waals surface area contributed by atoms with E-state index in [0.717, 1.165) is 5.52 Å². The quantitative estimate of drug-likeness (QED) is 0.836. The number of H-pyrrole nitrogens is 1. The molecule has 90 valence electrons. The minimum absolute atomic E-state index is 0.0120. The summed E-state index contributed by atoms with van der Waals surface area (Å²) < 4.78 is 0. The van der Waals surface area contributed by atoms with Crippen molar-refractivity contribution < 1.29 is 4.79 Å². The van der Waals surface area contributed by atoms with Crippen molar-refractivity contribution in [3.8, 4) is 0 Å². The van der Waals surface area contributed by atoms with Crippen LogP contribution < -0.4 is 5.32 Å². The molecule has 0 unspecified atom stereocenters. The molecule has 0 saturated carbocycles. The predicted octanol–water partition coefficient (Wildman–Crippen LogP) is 2.58. The lowest BCUT2D eigenvalue weighted by Crippen LogP contribution is -2.35. The molecular formula is C14H18N2O. The molecule has 0 aliphatic rings. The Hall–Kier alpha value is -1.77. The first-order valence-corrected chi connectivity index (χ1v) is 5.82. The minimum Gasteiger partial charge on any atom is -0.361 e. The highest BCUT2D eigenvalue weighted by Gasteiger charge is 2.23. The number of amides is 1. The van der Waals surface area contributed by atoms with Gasteiger partial charge < -0.3 is 10.3 Å². The standard InChI is InChI=1S/C14H18N2O/c1-10(17)16-9-14(2,3)12-8-15-13-7-5-4-6-11(12)13/h4-8,15H,9H2,1-3H3,(H,16,17). The zero-order valence-corrected chi connectivity index (χ0v) is 10.5. The number of carbonyl (C=O) groups excluding carboxylic acids is 1. The van der Waals surface area contributed by atoms with Crippen LogP contribution in [0.15, 0.2) is 30.5 Å². The van der Waals surface area contributed by atoms with Gasteiger partial charge in [0.05, 0.1) is 0 Å². The summed E-state index contributed by atoms with van der Waals surface area (Å²) >= 11 is 0. The monoisotopic (exact) mass is 230 g/mol. The maximum Gasteiger partial charge on any atom is 0.216 e. The zero-order valence-electron chi connectivity index (χ0n) is 10.5. The molecule has 0 bridgehead atoms. The Morgan fingerprint density at radius 3 is 2.76 bits per heavy atom. The van der Waals surface area contributed by atoms with Crippen molar-refractivity contribution in [3.63, 3.8) is 0 Å². The summed E-state index contributed by atoms with van der Waals surface area (Å²) in [5, 5.41) is 4.11. The minimum atomic E-state index is -0.0781. The van der Waals surface area contributed by atoms with E-state index >= 15 is 0 Å². The van der Waals surface area contributed by atoms with E-state index in [1.165, 1.54) is 10.9 Å². The Morgan fingerprint density at radius 1 is 1.35 bits per heavy atom. The van der Waals surface area contributed by atoms with Gasteiger partial charge in [-0.05, 0) is 11.6 Å². The lowest BCUT2D eigenvalue weighted by atomic mass is 9.84. The molecule has 3 heteroatoms. The average Bonchev–Trinajstić information content (AvgIpc) is 2.71. The van der Waals surface area contributed by atoms with Crippen LogP contribution in [0, 0.1) is 0 Å². The normalized spacial score (nSPS) is 11.7. The maximum atomic E-state index is 11.0. The number of rotatable bonds is 3. The van der Waals surface area contributed by atoms with E-state index in [2.05, 4.69) is 36.3 Å². The third-order valence-corrected chi connectivity index (χ3v) is 3.10. The first-order chi connectivity index (χ1) is 8.00. The van der Waals surface area contributed by atoms with Gasteiger partial charge in [-0.3, -0.25) is 4.79 Å². The van der Waals surface area contributed by atoms with Crippen LogP contribution in [0.4, 0.5) is 0 Å². The van der Waals surface area contributed by atoms with Crippen molar-refractivity contribution in [1.29, 1.82) is 0 Å². The van der Waals surface area contributed by atoms with Gasteiger partial charge in [-0.1, -0.05) is 32.0 Å². The van der Waals surface area contributed by atoms with E-state index in [9.17, 15) is 4.79 Å². The fourth-order valence-corrected chi connectivity index (χ4v) is 2.07. The third kappa shape index (κ3) is 2.33. The molecule has 0 aliphatic heterocycles. The number of hydrogen-bond donors (Lipinski definition) is 2. The van der Waals surface area contributed by atoms with Gasteiger partial charge in [-0.25, -0.2) is 0 Å². The zero-order chi connectivity index (χ0) is 12.5. The lowest BCUT2D eigenvalue weighted by molar-refractivity contribution is -0.119. The van der Waals surface area contributed by atoms with Crippen LogP contribution in [0.3, 0.4) is 0 Å². The van der Waals surface area contributed by atoms with Crippen LogP contribution in [-0.2, 0) is 10.2 Å². The summed E-state index contributed by atoms with van der Waals surface area (Å²) in [6, 6.07) is 8.22. The van der Waals surface area contributed by atoms with Crippen LogP contribution >= 0.6 is 0 Å². The van der Waals surface area contributed by atoms with Crippen molar-refractivity contribution in [3.05, 3.63) is 36.0 Å². The van der Waals surface area contributed by atoms with Crippen LogP contribution in [0.1, 0.15) is 26.3 Å². The Balaban J connectivity index is 2.35. The first kappa shape index (κ1) is 11.7. The van der Waals surface area contributed by atoms with Crippen LogP contribution in [0.2, 0.25) is 0 Å². The molecule has 2 aromatic rings. The van der Waals surface area contributed by atoms with Crippen molar-refractivity contribution in [2.45, 2.75) is 26.2 Å². The van der Waals surface area contributed by atoms with Gasteiger partial charge in [-0.15, -0.1) is 0 Å². The Kier molecular flexibility index (Phi) is 2.92. The maximum absolute atomic E-state index is 11.0. The predicted molar refractivity (Wildman–Crippen MR) is 70.0 cm³/mol. The number of hydrogen-bond acceptors (Lipinski definition) is 1. The molecule has 1 aromatic carbocycles. The summed E-state index contributed by atoms with van der Waals surface area (Å²) in [6.45, 7) is 6.46. The molecule has 1 aromatic heterocycles. The topological polar surface area (TPSA) is 44.9 Å². The van der Waals surface area contributed by atoms with Crippen molar-refractivity contribution in [2.75, 3.05) is 6.54 Å². The molecule has 0 atom stereocenters. The molecule has 0 radical (unpaired) electrons. The van der Waals surface area contributed by atoms with Crippen molar-refractivity contribution in [2.24, 2.45) is 0 Å². The van der Waals surface area contributed by atoms with Crippen LogP contribution in [0.5, 0.6) is 0 Å². The molecular weight excluding hydrogens is 212 g/mol. The molecule has 2 rings (SSSR count). The molecule has 0 spiro atoms. The smallest absolute Gasteiger partial charge is 0.216 e. The summed E-state index contributed by atoms with van der Waals surface area (Å²) in [4.78, 5) is 14.3. The third-order valence-electron chi connectivity index (χ3n) is 3.10. The van der Waals surface area contributed by atoms with E-state index < -0.39 is 0 Å². The number of aromatic amines is 1. The van der Waals surface area contributed by atoms with Gasteiger partial charge in [0.2, 0.25) is 5.91 Å². The van der Waals surface area contributed by atoms with Crippen molar-refractivity contribution in [1.82, 2.24) is 10.3 Å². The SMILES string of the molecule is CC(=O)NCC(C)(C)c1c[nH]c2ccccc12. The van der Waals surface area contributed by atoms with Gasteiger partial charge in [0.25, 0.3) is 0 Å². The van der Waals surface area contributed by atoms with E-state index in [-0.39, 0.29) is 11.3 Å². The highest BCUT2D eigenvalue weighted by Crippen LogP contribution is 2.29. The number of fused-ring (bicyclic) bond motifs is 1. The number of benzene rings is 1. The van der Waals surface area contributed by atoms with Crippen LogP contribution in [0.25, 0.3) is 10.9 Å². The van der Waals surface area contributed by atoms with Crippen molar-refractivity contribution >= 4 is 16.8 Å². The van der Waals surface area contributed by atoms with Gasteiger partial charge >= 0.3 is 0 Å². The fraction of sp³-hybridized carbons (Fsp3) is 0.357. The van der Waals surface area contributed by atoms with E-state index in [0.29, 0.717) is 6.54 Å². The first-order valence-electron chi connectivity index (χ1n) is 5.82. The van der Waals surface area contributed by atoms with Gasteiger partial charge in [-0.2, -0.15) is 0 Å². The molecule has 1 heterocycles. The Morgan fingerprint density at radius 2 is 2.06 bits per heavy atom. The van der Waals surface area contributed by atoms with Gasteiger partial charge in [0.1, 0.15) is 0 Å². The Bertz CT molecular complexity index is 540. The molecule has 2 N–H and O–H groups in total. The average molecular weight is 230 g/mol. The number of aromatic nitrogens is 1. The molecule has 3 nitrogen and oxygen atoms in total. The summed E-state index contributed by atoms with van der Waals surface area (Å²) in [5.74, 6) is 0.0120. The van der Waals surface area contributed by atoms with E-state index in [1.807, 2.05) is 18.3 Å². The fourth-order valence-electron chi connectivity index (χ4n) is 2.07. The largest absolute Gasteiger partial charge is 0.361 e. The summed E-state index contributed by atoms with van der Waals surface area (Å²) in [6.07, 6.45) is 2.03. The van der Waals surface area contributed by atoms with E-state index in [1.54, 1.807) is 6.92 Å². The lowest BCUT2D eigenvalue weighted by Gasteiger charge is -2.24. The molecule has 0 aliphatic carbocycles. The second-order valence-corrected chi connectivity index (χ2v) is 5.04. The number of nitrogens with one attached hydrogen (secondary N) is 2. The second kappa shape index (κ2) is 4.24. The second-order valence-electron chi connectivity index (χ2n) is 5.04. The summed E-state index contributed by atoms with van der Waals surface area (Å²) in [7, 11) is 0. The Labute approximate surface area is 101 Å². The van der Waals surface area contributed by atoms with E-state index in [4.69, 9.17) is 0 Å². The molecule has 0 fully saturated rings. The van der Waals surface area contributed by atoms with Gasteiger partial charge in [0.15, 0.2) is 0 Å². The number of carbonyl (C=O) groups is 1. The van der Waals surface area contributed by atoms with Gasteiger partial charge in [0, 0.05) is 36.0 Å². The highest BCUT2D eigenvalue weighted by molar-refractivity contribution is 5.84.